The van der Waals surface area contributed by atoms with Crippen molar-refractivity contribution >= 4 is 50.7 Å². The summed E-state index contributed by atoms with van der Waals surface area (Å²) in [6.45, 7) is 4.49. The summed E-state index contributed by atoms with van der Waals surface area (Å²) in [4.78, 5) is 29.2. The van der Waals surface area contributed by atoms with Gasteiger partial charge in [-0.3, -0.25) is 14.5 Å². The summed E-state index contributed by atoms with van der Waals surface area (Å²) < 4.78 is 3.06. The lowest BCUT2D eigenvalue weighted by atomic mass is 9.85. The van der Waals surface area contributed by atoms with Crippen LogP contribution in [0.25, 0.3) is 10.2 Å². The van der Waals surface area contributed by atoms with Crippen LogP contribution in [-0.2, 0) is 11.3 Å². The van der Waals surface area contributed by atoms with Crippen LogP contribution in [0.4, 0.5) is 5.69 Å². The Morgan fingerprint density at radius 1 is 1.19 bits per heavy atom. The Bertz CT molecular complexity index is 1150. The van der Waals surface area contributed by atoms with Gasteiger partial charge in [0.2, 0.25) is 5.91 Å². The molecule has 0 bridgehead atoms. The quantitative estimate of drug-likeness (QED) is 0.569. The van der Waals surface area contributed by atoms with E-state index in [0.717, 1.165) is 29.5 Å². The molecule has 0 saturated heterocycles. The molecule has 3 heterocycles. The summed E-state index contributed by atoms with van der Waals surface area (Å²) in [5.74, 6) is 0.180. The molecule has 1 N–H and O–H groups in total. The largest absolute Gasteiger partial charge is 0.351 e. The molecule has 1 aliphatic carbocycles. The van der Waals surface area contributed by atoms with Crippen LogP contribution in [0.2, 0.25) is 5.02 Å². The van der Waals surface area contributed by atoms with E-state index in [1.54, 1.807) is 28.4 Å². The van der Waals surface area contributed by atoms with E-state index in [0.29, 0.717) is 28.9 Å². The van der Waals surface area contributed by atoms with Crippen molar-refractivity contribution in [3.05, 3.63) is 52.5 Å². The third kappa shape index (κ3) is 3.37. The number of aromatic nitrogens is 1. The molecule has 2 aliphatic rings. The zero-order chi connectivity index (χ0) is 21.8. The van der Waals surface area contributed by atoms with Crippen molar-refractivity contribution in [1.82, 2.24) is 9.88 Å². The minimum atomic E-state index is -1.05. The molecule has 2 aromatic heterocycles. The van der Waals surface area contributed by atoms with Gasteiger partial charge in [-0.2, -0.15) is 0 Å². The van der Waals surface area contributed by atoms with Crippen LogP contribution in [-0.4, -0.2) is 28.0 Å². The number of fused-ring (bicyclic) bond motifs is 3. The van der Waals surface area contributed by atoms with Gasteiger partial charge in [-0.25, -0.2) is 0 Å². The summed E-state index contributed by atoms with van der Waals surface area (Å²) >= 11 is 7.71. The number of nitrogens with zero attached hydrogens (tertiary/aromatic N) is 2. The third-order valence-corrected chi connectivity index (χ3v) is 8.01. The Labute approximate surface area is 191 Å². The fourth-order valence-corrected chi connectivity index (χ4v) is 6.01. The number of hydrogen-bond acceptors (Lipinski definition) is 3. The van der Waals surface area contributed by atoms with Gasteiger partial charge in [0, 0.05) is 16.8 Å². The zero-order valence-corrected chi connectivity index (χ0v) is 19.3. The van der Waals surface area contributed by atoms with Crippen molar-refractivity contribution in [3.8, 4) is 0 Å². The van der Waals surface area contributed by atoms with E-state index >= 15 is 0 Å². The van der Waals surface area contributed by atoms with Crippen LogP contribution in [0.15, 0.2) is 41.8 Å². The maximum absolute atomic E-state index is 13.8. The average molecular weight is 456 g/mol. The lowest BCUT2D eigenvalue weighted by Crippen LogP contribution is -2.65. The maximum Gasteiger partial charge on any atom is 0.275 e. The molecule has 1 fully saturated rings. The Morgan fingerprint density at radius 2 is 1.94 bits per heavy atom. The monoisotopic (exact) mass is 455 g/mol. The minimum Gasteiger partial charge on any atom is -0.351 e. The fourth-order valence-electron chi connectivity index (χ4n) is 5.06. The molecule has 3 atom stereocenters. The molecule has 3 aromatic rings. The van der Waals surface area contributed by atoms with E-state index in [9.17, 15) is 9.59 Å². The van der Waals surface area contributed by atoms with E-state index in [2.05, 4.69) is 12.2 Å². The number of rotatable bonds is 3. The van der Waals surface area contributed by atoms with Crippen molar-refractivity contribution in [2.75, 3.05) is 4.90 Å². The first-order valence-electron chi connectivity index (χ1n) is 10.9. The van der Waals surface area contributed by atoms with Gasteiger partial charge in [-0.1, -0.05) is 31.4 Å². The van der Waals surface area contributed by atoms with Crippen LogP contribution in [0.3, 0.4) is 0 Å². The van der Waals surface area contributed by atoms with Gasteiger partial charge in [0.05, 0.1) is 16.8 Å². The van der Waals surface area contributed by atoms with Gasteiger partial charge in [-0.15, -0.1) is 11.3 Å². The number of amides is 2. The minimum absolute atomic E-state index is 0.0997. The van der Waals surface area contributed by atoms with Gasteiger partial charge in [0.1, 0.15) is 11.2 Å². The molecule has 0 spiro atoms. The summed E-state index contributed by atoms with van der Waals surface area (Å²) in [5.41, 5.74) is 1.25. The van der Waals surface area contributed by atoms with Crippen LogP contribution < -0.4 is 10.2 Å². The number of nitrogens with one attached hydrogen (secondary N) is 1. The number of thiophene rings is 1. The molecule has 5 rings (SSSR count). The molecule has 0 radical (unpaired) electrons. The highest BCUT2D eigenvalue weighted by Crippen LogP contribution is 2.38. The van der Waals surface area contributed by atoms with E-state index in [1.165, 1.54) is 6.42 Å². The Hall–Kier alpha value is -2.31. The molecule has 0 unspecified atom stereocenters. The van der Waals surface area contributed by atoms with E-state index in [1.807, 2.05) is 41.1 Å². The number of carbonyl (C=O) groups excluding carboxylic acids is 2. The molecule has 7 heteroatoms. The van der Waals surface area contributed by atoms with E-state index in [4.69, 9.17) is 11.6 Å². The second-order valence-electron chi connectivity index (χ2n) is 9.02. The molecular formula is C24H26ClN3O2S. The normalized spacial score (nSPS) is 26.2. The molecule has 1 aromatic carbocycles. The molecule has 1 aliphatic heterocycles. The van der Waals surface area contributed by atoms with Gasteiger partial charge in [0.25, 0.3) is 5.91 Å². The molecular weight excluding hydrogens is 430 g/mol. The van der Waals surface area contributed by atoms with Crippen molar-refractivity contribution in [2.45, 2.75) is 57.7 Å². The van der Waals surface area contributed by atoms with Gasteiger partial charge < -0.3 is 9.88 Å². The van der Waals surface area contributed by atoms with Crippen LogP contribution in [0.1, 0.15) is 50.0 Å². The van der Waals surface area contributed by atoms with Crippen molar-refractivity contribution in [2.24, 2.45) is 5.92 Å². The lowest BCUT2D eigenvalue weighted by molar-refractivity contribution is -0.127. The first kappa shape index (κ1) is 20.6. The van der Waals surface area contributed by atoms with Crippen molar-refractivity contribution in [1.29, 1.82) is 0 Å². The predicted octanol–water partition coefficient (Wildman–Crippen LogP) is 5.47. The SMILES string of the molecule is C[C@@H]1CCCC[C@H]1NC(=O)[C@]1(C)Cn2c(cc3sccc32)C(=O)N1c1ccc(Cl)cc1. The van der Waals surface area contributed by atoms with E-state index in [-0.39, 0.29) is 17.9 Å². The highest BCUT2D eigenvalue weighted by Gasteiger charge is 2.49. The lowest BCUT2D eigenvalue weighted by Gasteiger charge is -2.45. The molecule has 5 nitrogen and oxygen atoms in total. The van der Waals surface area contributed by atoms with Crippen molar-refractivity contribution < 1.29 is 9.59 Å². The highest BCUT2D eigenvalue weighted by atomic mass is 35.5. The Kier molecular flexibility index (Phi) is 5.10. The third-order valence-electron chi connectivity index (χ3n) is 6.91. The summed E-state index contributed by atoms with van der Waals surface area (Å²) in [6.07, 6.45) is 4.45. The topological polar surface area (TPSA) is 54.3 Å². The van der Waals surface area contributed by atoms with Gasteiger partial charge in [0.15, 0.2) is 0 Å². The smallest absolute Gasteiger partial charge is 0.275 e. The van der Waals surface area contributed by atoms with Crippen molar-refractivity contribution in [3.63, 3.8) is 0 Å². The molecule has 31 heavy (non-hydrogen) atoms. The van der Waals surface area contributed by atoms with Crippen LogP contribution in [0.5, 0.6) is 0 Å². The molecule has 1 saturated carbocycles. The average Bonchev–Trinajstić information content (AvgIpc) is 3.33. The standard InChI is InChI=1S/C24H26ClN3O2S/c1-15-5-3-4-6-18(15)26-23(30)24(2)14-27-19-11-12-31-21(19)13-20(27)22(29)28(24)17-9-7-16(25)8-10-17/h7-13,15,18H,3-6,14H2,1-2H3,(H,26,30)/t15-,18-,24+/m1/s1. The first-order chi connectivity index (χ1) is 14.9. The number of halogens is 1. The number of benzene rings is 1. The van der Waals surface area contributed by atoms with E-state index < -0.39 is 5.54 Å². The van der Waals surface area contributed by atoms with Crippen LogP contribution >= 0.6 is 22.9 Å². The first-order valence-corrected chi connectivity index (χ1v) is 12.1. The van der Waals surface area contributed by atoms with Gasteiger partial charge >= 0.3 is 0 Å². The summed E-state index contributed by atoms with van der Waals surface area (Å²) in [7, 11) is 0. The van der Waals surface area contributed by atoms with Gasteiger partial charge in [-0.05, 0) is 67.5 Å². The second kappa shape index (κ2) is 7.68. The number of carbonyl (C=O) groups is 2. The number of hydrogen-bond donors (Lipinski definition) is 1. The Balaban J connectivity index is 1.59. The second-order valence-corrected chi connectivity index (χ2v) is 10.4. The zero-order valence-electron chi connectivity index (χ0n) is 17.7. The fraction of sp³-hybridized carbons (Fsp3) is 0.417. The summed E-state index contributed by atoms with van der Waals surface area (Å²) in [5, 5.41) is 5.93. The summed E-state index contributed by atoms with van der Waals surface area (Å²) in [6, 6.07) is 11.3. The van der Waals surface area contributed by atoms with Crippen LogP contribution in [0, 0.1) is 5.92 Å². The predicted molar refractivity (Wildman–Crippen MR) is 126 cm³/mol. The maximum atomic E-state index is 13.8. The molecule has 2 amide bonds. The number of anilines is 1. The highest BCUT2D eigenvalue weighted by molar-refractivity contribution is 7.17. The Morgan fingerprint density at radius 3 is 2.68 bits per heavy atom. The molecule has 162 valence electrons.